The Labute approximate surface area is 177 Å². The van der Waals surface area contributed by atoms with E-state index in [1.807, 2.05) is 43.3 Å². The molecule has 0 unspecified atom stereocenters. The van der Waals surface area contributed by atoms with Gasteiger partial charge in [0.2, 0.25) is 0 Å². The third-order valence-electron chi connectivity index (χ3n) is 4.30. The number of aromatic nitrogens is 2. The minimum atomic E-state index is -0.224. The van der Waals surface area contributed by atoms with Gasteiger partial charge in [0.15, 0.2) is 5.13 Å². The van der Waals surface area contributed by atoms with Gasteiger partial charge < -0.3 is 4.74 Å². The molecule has 0 saturated carbocycles. The summed E-state index contributed by atoms with van der Waals surface area (Å²) in [4.78, 5) is 24.1. The van der Waals surface area contributed by atoms with Gasteiger partial charge in [0.1, 0.15) is 11.3 Å². The summed E-state index contributed by atoms with van der Waals surface area (Å²) in [7, 11) is 0. The van der Waals surface area contributed by atoms with E-state index < -0.39 is 0 Å². The molecule has 0 bridgehead atoms. The van der Waals surface area contributed by atoms with Crippen LogP contribution in [0.25, 0.3) is 10.2 Å². The molecule has 29 heavy (non-hydrogen) atoms. The molecule has 1 amide bonds. The summed E-state index contributed by atoms with van der Waals surface area (Å²) in [5.41, 5.74) is 1.93. The quantitative estimate of drug-likeness (QED) is 0.405. The fraction of sp³-hybridized carbons (Fsp3) is 0.136. The van der Waals surface area contributed by atoms with E-state index in [0.29, 0.717) is 28.1 Å². The first kappa shape index (κ1) is 19.4. The number of para-hydroxylation sites is 1. The van der Waals surface area contributed by atoms with Crippen molar-refractivity contribution in [2.24, 2.45) is 0 Å². The Morgan fingerprint density at radius 3 is 2.69 bits per heavy atom. The number of rotatable bonds is 6. The average molecular weight is 424 g/mol. The lowest BCUT2D eigenvalue weighted by atomic mass is 10.2. The second-order valence-corrected chi connectivity index (χ2v) is 7.64. The minimum absolute atomic E-state index is 0.224. The number of hydrogen-bond acceptors (Lipinski definition) is 5. The summed E-state index contributed by atoms with van der Waals surface area (Å²) in [5.74, 6) is 0.480. The van der Waals surface area contributed by atoms with Crippen molar-refractivity contribution >= 4 is 44.2 Å². The summed E-state index contributed by atoms with van der Waals surface area (Å²) >= 11 is 7.74. The molecule has 2 heterocycles. The highest BCUT2D eigenvalue weighted by Crippen LogP contribution is 2.35. The molecule has 4 aromatic rings. The number of nitrogens with zero attached hydrogens (tertiary/aromatic N) is 3. The van der Waals surface area contributed by atoms with E-state index in [1.165, 1.54) is 11.3 Å². The van der Waals surface area contributed by atoms with Crippen LogP contribution >= 0.6 is 22.9 Å². The van der Waals surface area contributed by atoms with Crippen LogP contribution in [-0.2, 0) is 6.54 Å². The zero-order valence-corrected chi connectivity index (χ0v) is 17.3. The van der Waals surface area contributed by atoms with Crippen molar-refractivity contribution < 1.29 is 9.53 Å². The van der Waals surface area contributed by atoms with Crippen LogP contribution in [0.15, 0.2) is 66.9 Å². The SMILES string of the molecule is CCOc1cccc2sc(N(Cc3ccccn3)C(=O)c3ccccc3Cl)nc12. The maximum atomic E-state index is 13.4. The van der Waals surface area contributed by atoms with Gasteiger partial charge in [-0.2, -0.15) is 0 Å². The monoisotopic (exact) mass is 423 g/mol. The van der Waals surface area contributed by atoms with Crippen LogP contribution in [0.2, 0.25) is 5.02 Å². The van der Waals surface area contributed by atoms with Gasteiger partial charge in [0.25, 0.3) is 5.91 Å². The molecule has 0 fully saturated rings. The van der Waals surface area contributed by atoms with Crippen LogP contribution in [0.3, 0.4) is 0 Å². The van der Waals surface area contributed by atoms with E-state index >= 15 is 0 Å². The zero-order chi connectivity index (χ0) is 20.2. The number of fused-ring (bicyclic) bond motifs is 1. The Morgan fingerprint density at radius 2 is 1.93 bits per heavy atom. The van der Waals surface area contributed by atoms with Crippen LogP contribution in [0.1, 0.15) is 23.0 Å². The molecule has 0 atom stereocenters. The predicted molar refractivity (Wildman–Crippen MR) is 117 cm³/mol. The van der Waals surface area contributed by atoms with Crippen LogP contribution in [-0.4, -0.2) is 22.5 Å². The molecular weight excluding hydrogens is 406 g/mol. The summed E-state index contributed by atoms with van der Waals surface area (Å²) in [6.07, 6.45) is 1.71. The third kappa shape index (κ3) is 4.09. The first-order valence-electron chi connectivity index (χ1n) is 9.16. The highest BCUT2D eigenvalue weighted by Gasteiger charge is 2.24. The number of ether oxygens (including phenoxy) is 1. The maximum absolute atomic E-state index is 13.4. The first-order valence-corrected chi connectivity index (χ1v) is 10.4. The molecule has 0 saturated heterocycles. The molecule has 0 spiro atoms. The largest absolute Gasteiger partial charge is 0.492 e. The van der Waals surface area contributed by atoms with Crippen molar-refractivity contribution in [3.8, 4) is 5.75 Å². The van der Waals surface area contributed by atoms with E-state index in [0.717, 1.165) is 15.9 Å². The summed E-state index contributed by atoms with van der Waals surface area (Å²) < 4.78 is 6.65. The lowest BCUT2D eigenvalue weighted by molar-refractivity contribution is 0.0985. The number of pyridine rings is 1. The third-order valence-corrected chi connectivity index (χ3v) is 5.67. The molecule has 0 radical (unpaired) electrons. The minimum Gasteiger partial charge on any atom is -0.492 e. The van der Waals surface area contributed by atoms with Crippen molar-refractivity contribution in [1.29, 1.82) is 0 Å². The van der Waals surface area contributed by atoms with Gasteiger partial charge in [-0.15, -0.1) is 0 Å². The summed E-state index contributed by atoms with van der Waals surface area (Å²) in [6.45, 7) is 2.76. The Hall–Kier alpha value is -2.96. The van der Waals surface area contributed by atoms with Crippen LogP contribution in [0.4, 0.5) is 5.13 Å². The Bertz CT molecular complexity index is 1150. The Balaban J connectivity index is 1.80. The summed E-state index contributed by atoms with van der Waals surface area (Å²) in [5, 5.41) is 0.974. The number of carbonyl (C=O) groups excluding carboxylic acids is 1. The molecule has 0 N–H and O–H groups in total. The van der Waals surface area contributed by atoms with E-state index in [9.17, 15) is 4.79 Å². The number of thiazole rings is 1. The Kier molecular flexibility index (Phi) is 5.74. The van der Waals surface area contributed by atoms with Crippen molar-refractivity contribution in [3.63, 3.8) is 0 Å². The Morgan fingerprint density at radius 1 is 1.10 bits per heavy atom. The first-order chi connectivity index (χ1) is 14.2. The normalized spacial score (nSPS) is 10.8. The molecule has 7 heteroatoms. The van der Waals surface area contributed by atoms with E-state index in [2.05, 4.69) is 4.98 Å². The molecular formula is C22H18ClN3O2S. The second-order valence-electron chi connectivity index (χ2n) is 6.22. The second kappa shape index (κ2) is 8.59. The van der Waals surface area contributed by atoms with Crippen LogP contribution in [0, 0.1) is 0 Å². The van der Waals surface area contributed by atoms with Gasteiger partial charge in [-0.1, -0.05) is 47.2 Å². The smallest absolute Gasteiger partial charge is 0.261 e. The average Bonchev–Trinajstić information content (AvgIpc) is 3.18. The van der Waals surface area contributed by atoms with Crippen molar-refractivity contribution in [2.45, 2.75) is 13.5 Å². The van der Waals surface area contributed by atoms with Gasteiger partial charge >= 0.3 is 0 Å². The highest BCUT2D eigenvalue weighted by atomic mass is 35.5. The topological polar surface area (TPSA) is 55.3 Å². The molecule has 4 rings (SSSR count). The van der Waals surface area contributed by atoms with Crippen LogP contribution < -0.4 is 9.64 Å². The van der Waals surface area contributed by atoms with Crippen molar-refractivity contribution in [3.05, 3.63) is 83.1 Å². The molecule has 0 aliphatic rings. The standard InChI is InChI=1S/C22H18ClN3O2S/c1-2-28-18-11-7-12-19-20(18)25-22(29-19)26(14-15-8-5-6-13-24-15)21(27)16-9-3-4-10-17(16)23/h3-13H,2,14H2,1H3. The number of hydrogen-bond donors (Lipinski definition) is 0. The molecule has 146 valence electrons. The predicted octanol–water partition coefficient (Wildman–Crippen LogP) is 5.59. The molecule has 2 aromatic carbocycles. The van der Waals surface area contributed by atoms with Gasteiger partial charge in [0, 0.05) is 6.20 Å². The maximum Gasteiger partial charge on any atom is 0.261 e. The molecule has 2 aromatic heterocycles. The van der Waals surface area contributed by atoms with E-state index in [4.69, 9.17) is 21.3 Å². The molecule has 0 aliphatic carbocycles. The zero-order valence-electron chi connectivity index (χ0n) is 15.7. The summed E-state index contributed by atoms with van der Waals surface area (Å²) in [6, 6.07) is 18.4. The van der Waals surface area contributed by atoms with Crippen LogP contribution in [0.5, 0.6) is 5.75 Å². The fourth-order valence-corrected chi connectivity index (χ4v) is 4.16. The number of halogens is 1. The van der Waals surface area contributed by atoms with Gasteiger partial charge in [-0.05, 0) is 43.3 Å². The lowest BCUT2D eigenvalue weighted by Crippen LogP contribution is -2.31. The lowest BCUT2D eigenvalue weighted by Gasteiger charge is -2.20. The molecule has 0 aliphatic heterocycles. The highest BCUT2D eigenvalue weighted by molar-refractivity contribution is 7.22. The number of benzene rings is 2. The van der Waals surface area contributed by atoms with Gasteiger partial charge in [0.05, 0.1) is 34.1 Å². The number of anilines is 1. The number of carbonyl (C=O) groups is 1. The molecule has 5 nitrogen and oxygen atoms in total. The van der Waals surface area contributed by atoms with E-state index in [-0.39, 0.29) is 12.5 Å². The van der Waals surface area contributed by atoms with E-state index in [1.54, 1.807) is 35.4 Å². The van der Waals surface area contributed by atoms with Gasteiger partial charge in [-0.25, -0.2) is 4.98 Å². The number of amides is 1. The fourth-order valence-electron chi connectivity index (χ4n) is 2.96. The van der Waals surface area contributed by atoms with Crippen molar-refractivity contribution in [1.82, 2.24) is 9.97 Å². The van der Waals surface area contributed by atoms with Crippen molar-refractivity contribution in [2.75, 3.05) is 11.5 Å². The van der Waals surface area contributed by atoms with Gasteiger partial charge in [-0.3, -0.25) is 14.7 Å².